The van der Waals surface area contributed by atoms with E-state index in [4.69, 9.17) is 9.47 Å². The van der Waals surface area contributed by atoms with E-state index in [1.165, 1.54) is 13.1 Å². The van der Waals surface area contributed by atoms with Gasteiger partial charge in [0.05, 0.1) is 17.3 Å². The molecule has 1 aliphatic heterocycles. The molecule has 0 aliphatic carbocycles. The highest BCUT2D eigenvalue weighted by Gasteiger charge is 2.21. The number of aromatic nitrogens is 3. The fourth-order valence-corrected chi connectivity index (χ4v) is 4.65. The van der Waals surface area contributed by atoms with Gasteiger partial charge in [0.25, 0.3) is 0 Å². The molecule has 5 rings (SSSR count). The molecule has 37 heavy (non-hydrogen) atoms. The number of aliphatic hydroxyl groups is 1. The van der Waals surface area contributed by atoms with Crippen LogP contribution >= 0.6 is 15.9 Å². The number of carboxylic acids is 1. The van der Waals surface area contributed by atoms with E-state index in [1.807, 2.05) is 42.5 Å². The zero-order valence-corrected chi connectivity index (χ0v) is 21.6. The summed E-state index contributed by atoms with van der Waals surface area (Å²) in [5.74, 6) is 0.821. The third-order valence-corrected chi connectivity index (χ3v) is 6.77. The second kappa shape index (κ2) is 10.2. The Bertz CT molecular complexity index is 1520. The van der Waals surface area contributed by atoms with Crippen LogP contribution in [0.4, 0.5) is 11.5 Å². The summed E-state index contributed by atoms with van der Waals surface area (Å²) in [5, 5.41) is 26.8. The Morgan fingerprint density at radius 3 is 2.76 bits per heavy atom. The van der Waals surface area contributed by atoms with Crippen LogP contribution in [0.25, 0.3) is 22.2 Å². The van der Waals surface area contributed by atoms with Crippen LogP contribution in [0.3, 0.4) is 0 Å². The number of aliphatic carboxylic acids is 1. The Labute approximate surface area is 220 Å². The number of nitrogens with zero attached hydrogens (tertiary/aromatic N) is 4. The van der Waals surface area contributed by atoms with Crippen molar-refractivity contribution in [1.29, 1.82) is 0 Å². The van der Waals surface area contributed by atoms with Crippen molar-refractivity contribution in [1.82, 2.24) is 14.8 Å². The number of hydrogen-bond acceptors (Lipinski definition) is 8. The summed E-state index contributed by atoms with van der Waals surface area (Å²) in [5.41, 5.74) is 4.72. The highest BCUT2D eigenvalue weighted by atomic mass is 79.9. The second-order valence-electron chi connectivity index (χ2n) is 8.56. The van der Waals surface area contributed by atoms with Gasteiger partial charge >= 0.3 is 5.97 Å². The predicted molar refractivity (Wildman–Crippen MR) is 143 cm³/mol. The van der Waals surface area contributed by atoms with E-state index in [-0.39, 0.29) is 0 Å². The number of ether oxygens (including phenoxy) is 2. The number of halogens is 1. The molecule has 0 saturated heterocycles. The molecule has 0 fully saturated rings. The molecular weight excluding hydrogens is 542 g/mol. The molecule has 3 heterocycles. The SMILES string of the molecule is C[C@@H](O)[C@H](N=Cc1cnc2c(Nc3cccc(-c4ccc5c(c4)OCCO5)c3Br)nn(C)c2c1)C(=O)O. The lowest BCUT2D eigenvalue weighted by Gasteiger charge is -2.19. The minimum atomic E-state index is -1.25. The molecule has 190 valence electrons. The number of anilines is 2. The summed E-state index contributed by atoms with van der Waals surface area (Å²) in [6.45, 7) is 2.45. The van der Waals surface area contributed by atoms with Gasteiger partial charge in [0.15, 0.2) is 23.4 Å². The molecule has 0 unspecified atom stereocenters. The minimum absolute atomic E-state index is 0.521. The van der Waals surface area contributed by atoms with Crippen molar-refractivity contribution in [2.24, 2.45) is 12.0 Å². The van der Waals surface area contributed by atoms with Gasteiger partial charge in [-0.3, -0.25) is 9.67 Å². The van der Waals surface area contributed by atoms with Crippen molar-refractivity contribution >= 4 is 50.7 Å². The van der Waals surface area contributed by atoms with Crippen molar-refractivity contribution in [3.8, 4) is 22.6 Å². The molecule has 0 radical (unpaired) electrons. The van der Waals surface area contributed by atoms with Gasteiger partial charge in [-0.1, -0.05) is 18.2 Å². The Morgan fingerprint density at radius 2 is 2.00 bits per heavy atom. The van der Waals surface area contributed by atoms with E-state index in [9.17, 15) is 15.0 Å². The maximum absolute atomic E-state index is 11.3. The molecule has 0 saturated carbocycles. The van der Waals surface area contributed by atoms with Crippen molar-refractivity contribution in [3.05, 3.63) is 58.7 Å². The lowest BCUT2D eigenvalue weighted by atomic mass is 10.0. The summed E-state index contributed by atoms with van der Waals surface area (Å²) < 4.78 is 13.9. The molecule has 0 amide bonds. The van der Waals surface area contributed by atoms with Gasteiger partial charge in [-0.2, -0.15) is 5.10 Å². The van der Waals surface area contributed by atoms with Crippen LogP contribution in [0.2, 0.25) is 0 Å². The quantitative estimate of drug-likeness (QED) is 0.284. The first-order valence-electron chi connectivity index (χ1n) is 11.5. The first-order valence-corrected chi connectivity index (χ1v) is 12.3. The van der Waals surface area contributed by atoms with Gasteiger partial charge in [0.2, 0.25) is 0 Å². The fraction of sp³-hybridized carbons (Fsp3) is 0.231. The predicted octanol–water partition coefficient (Wildman–Crippen LogP) is 4.17. The van der Waals surface area contributed by atoms with Gasteiger partial charge in [-0.15, -0.1) is 0 Å². The number of carboxylic acid groups (broad SMARTS) is 1. The van der Waals surface area contributed by atoms with E-state index in [0.29, 0.717) is 30.1 Å². The number of aliphatic imine (C=N–C) groups is 1. The average Bonchev–Trinajstić information content (AvgIpc) is 3.19. The van der Waals surface area contributed by atoms with E-state index in [1.54, 1.807) is 17.9 Å². The van der Waals surface area contributed by atoms with Crippen molar-refractivity contribution in [2.45, 2.75) is 19.1 Å². The number of benzene rings is 2. The number of fused-ring (bicyclic) bond motifs is 2. The molecule has 3 N–H and O–H groups in total. The van der Waals surface area contributed by atoms with E-state index >= 15 is 0 Å². The number of pyridine rings is 1. The summed E-state index contributed by atoms with van der Waals surface area (Å²) in [6, 6.07) is 12.3. The molecule has 11 heteroatoms. The van der Waals surface area contributed by atoms with Crippen LogP contribution in [0.1, 0.15) is 12.5 Å². The third-order valence-electron chi connectivity index (χ3n) is 5.91. The Morgan fingerprint density at radius 1 is 1.22 bits per heavy atom. The summed E-state index contributed by atoms with van der Waals surface area (Å²) in [4.78, 5) is 19.8. The molecule has 1 aliphatic rings. The standard InChI is InChI=1S/C26H24BrN5O5/c1-14(33)23(26(34)35)28-12-15-10-19-24(29-13-15)25(31-32(19)2)30-18-5-3-4-17(22(18)27)16-6-7-20-21(11-16)37-9-8-36-20/h3-7,10-14,23,33H,8-9H2,1-2H3,(H,30,31)(H,34,35)/t14-,23+/m1/s1. The second-order valence-corrected chi connectivity index (χ2v) is 9.35. The fourth-order valence-electron chi connectivity index (χ4n) is 4.05. The summed E-state index contributed by atoms with van der Waals surface area (Å²) in [6.07, 6.45) is 1.86. The average molecular weight is 566 g/mol. The summed E-state index contributed by atoms with van der Waals surface area (Å²) in [7, 11) is 1.80. The number of hydrogen-bond donors (Lipinski definition) is 3. The highest BCUT2D eigenvalue weighted by Crippen LogP contribution is 2.40. The number of rotatable bonds is 7. The smallest absolute Gasteiger partial charge is 0.331 e. The third kappa shape index (κ3) is 5.00. The first-order chi connectivity index (χ1) is 17.8. The van der Waals surface area contributed by atoms with E-state index in [2.05, 4.69) is 36.3 Å². The zero-order valence-electron chi connectivity index (χ0n) is 20.1. The number of nitrogens with one attached hydrogen (secondary N) is 1. The molecule has 0 bridgehead atoms. The maximum Gasteiger partial charge on any atom is 0.331 e. The zero-order chi connectivity index (χ0) is 26.1. The van der Waals surface area contributed by atoms with Crippen molar-refractivity contribution in [3.63, 3.8) is 0 Å². The monoisotopic (exact) mass is 565 g/mol. The molecular formula is C26H24BrN5O5. The lowest BCUT2D eigenvalue weighted by Crippen LogP contribution is -2.29. The Kier molecular flexibility index (Phi) is 6.81. The largest absolute Gasteiger partial charge is 0.486 e. The molecule has 0 spiro atoms. The van der Waals surface area contributed by atoms with Gasteiger partial charge in [0, 0.05) is 29.5 Å². The Balaban J connectivity index is 1.44. The van der Waals surface area contributed by atoms with Gasteiger partial charge in [-0.05, 0) is 58.2 Å². The van der Waals surface area contributed by atoms with E-state index in [0.717, 1.165) is 38.3 Å². The topological polar surface area (TPSA) is 131 Å². The van der Waals surface area contributed by atoms with Crippen LogP contribution in [-0.4, -0.2) is 62.5 Å². The van der Waals surface area contributed by atoms with Crippen molar-refractivity contribution < 1.29 is 24.5 Å². The van der Waals surface area contributed by atoms with Gasteiger partial charge in [0.1, 0.15) is 18.7 Å². The van der Waals surface area contributed by atoms with Crippen LogP contribution in [0.5, 0.6) is 11.5 Å². The minimum Gasteiger partial charge on any atom is -0.486 e. The molecule has 2 atom stereocenters. The van der Waals surface area contributed by atoms with Crippen LogP contribution in [0, 0.1) is 0 Å². The number of aryl methyl sites for hydroxylation is 1. The Hall–Kier alpha value is -3.96. The highest BCUT2D eigenvalue weighted by molar-refractivity contribution is 9.10. The van der Waals surface area contributed by atoms with Crippen molar-refractivity contribution in [2.75, 3.05) is 18.5 Å². The maximum atomic E-state index is 11.3. The van der Waals surface area contributed by atoms with Gasteiger partial charge < -0.3 is 25.0 Å². The molecule has 4 aromatic rings. The molecule has 2 aromatic heterocycles. The van der Waals surface area contributed by atoms with Crippen LogP contribution in [0.15, 0.2) is 58.1 Å². The first kappa shape index (κ1) is 24.7. The lowest BCUT2D eigenvalue weighted by molar-refractivity contribution is -0.140. The summed E-state index contributed by atoms with van der Waals surface area (Å²) >= 11 is 3.74. The van der Waals surface area contributed by atoms with Gasteiger partial charge in [-0.25, -0.2) is 9.78 Å². The van der Waals surface area contributed by atoms with E-state index < -0.39 is 18.1 Å². The molecule has 10 nitrogen and oxygen atoms in total. The van der Waals surface area contributed by atoms with Crippen LogP contribution < -0.4 is 14.8 Å². The molecule has 2 aromatic carbocycles. The number of aliphatic hydroxyl groups excluding tert-OH is 1. The normalized spacial score (nSPS) is 14.6. The van der Waals surface area contributed by atoms with Crippen LogP contribution in [-0.2, 0) is 11.8 Å². The number of carbonyl (C=O) groups is 1.